The zero-order valence-corrected chi connectivity index (χ0v) is 17.3. The Bertz CT molecular complexity index is 1110. The second kappa shape index (κ2) is 9.21. The summed E-state index contributed by atoms with van der Waals surface area (Å²) >= 11 is 0. The topological polar surface area (TPSA) is 97.1 Å². The number of hydrogen-bond donors (Lipinski definition) is 2. The highest BCUT2D eigenvalue weighted by molar-refractivity contribution is 5.94. The number of aromatic nitrogens is 3. The Kier molecular flexibility index (Phi) is 6.61. The van der Waals surface area contributed by atoms with Crippen LogP contribution in [0.3, 0.4) is 0 Å². The molecule has 2 aromatic carbocycles. The fourth-order valence-electron chi connectivity index (χ4n) is 3.18. The zero-order valence-electron chi connectivity index (χ0n) is 17.3. The second-order valence-electron chi connectivity index (χ2n) is 7.21. The van der Waals surface area contributed by atoms with E-state index in [0.29, 0.717) is 23.2 Å². The lowest BCUT2D eigenvalue weighted by Gasteiger charge is -2.16. The van der Waals surface area contributed by atoms with Gasteiger partial charge in [-0.2, -0.15) is 13.2 Å². The highest BCUT2D eigenvalue weighted by atomic mass is 19.4. The van der Waals surface area contributed by atoms with Crippen LogP contribution in [-0.2, 0) is 19.1 Å². The summed E-state index contributed by atoms with van der Waals surface area (Å²) in [5, 5.41) is 19.9. The average Bonchev–Trinajstić information content (AvgIpc) is 3.16. The summed E-state index contributed by atoms with van der Waals surface area (Å²) in [6.45, 7) is 3.65. The third-order valence-corrected chi connectivity index (χ3v) is 4.97. The molecular weight excluding hydrogens is 425 g/mol. The van der Waals surface area contributed by atoms with Crippen molar-refractivity contribution in [3.05, 3.63) is 82.2 Å². The van der Waals surface area contributed by atoms with E-state index in [1.54, 1.807) is 19.1 Å². The summed E-state index contributed by atoms with van der Waals surface area (Å²) in [6.07, 6.45) is -3.98. The molecular formula is C22H21F3N4O3. The van der Waals surface area contributed by atoms with Gasteiger partial charge in [-0.25, -0.2) is 9.48 Å². The maximum Gasteiger partial charge on any atom is 0.416 e. The molecule has 0 spiro atoms. The van der Waals surface area contributed by atoms with Gasteiger partial charge in [0, 0.05) is 0 Å². The lowest BCUT2D eigenvalue weighted by molar-refractivity contribution is -0.137. The Labute approximate surface area is 181 Å². The van der Waals surface area contributed by atoms with Gasteiger partial charge < -0.3 is 10.4 Å². The zero-order chi connectivity index (χ0) is 23.5. The van der Waals surface area contributed by atoms with Gasteiger partial charge in [0.1, 0.15) is 5.69 Å². The van der Waals surface area contributed by atoms with Gasteiger partial charge in [-0.3, -0.25) is 4.79 Å². The number of rotatable bonds is 7. The molecule has 1 heterocycles. The van der Waals surface area contributed by atoms with Gasteiger partial charge in [0.25, 0.3) is 5.91 Å². The maximum absolute atomic E-state index is 13.0. The van der Waals surface area contributed by atoms with E-state index in [0.717, 1.165) is 12.1 Å². The SMILES string of the molecule is CCc1nnn(Cc2ccc(C(F)(F)F)cc2)c1C(=O)N[C@@H](C)c1ccc(C(=O)O)cc1. The molecule has 0 aliphatic heterocycles. The predicted octanol–water partition coefficient (Wildman–Crippen LogP) is 4.10. The molecule has 3 aromatic rings. The highest BCUT2D eigenvalue weighted by Gasteiger charge is 2.30. The Morgan fingerprint density at radius 3 is 2.25 bits per heavy atom. The molecule has 0 bridgehead atoms. The molecule has 1 atom stereocenters. The van der Waals surface area contributed by atoms with E-state index in [1.807, 2.05) is 6.92 Å². The predicted molar refractivity (Wildman–Crippen MR) is 109 cm³/mol. The number of aromatic carboxylic acids is 1. The molecule has 0 saturated carbocycles. The van der Waals surface area contributed by atoms with Crippen LogP contribution in [0.25, 0.3) is 0 Å². The lowest BCUT2D eigenvalue weighted by atomic mass is 10.1. The monoisotopic (exact) mass is 446 g/mol. The molecule has 3 rings (SSSR count). The van der Waals surface area contributed by atoms with E-state index in [9.17, 15) is 22.8 Å². The number of carboxylic acid groups (broad SMARTS) is 1. The van der Waals surface area contributed by atoms with Crippen LogP contribution in [0, 0.1) is 0 Å². The van der Waals surface area contributed by atoms with Gasteiger partial charge in [0.2, 0.25) is 0 Å². The number of nitrogens with one attached hydrogen (secondary N) is 1. The molecule has 0 saturated heterocycles. The van der Waals surface area contributed by atoms with Crippen molar-refractivity contribution < 1.29 is 27.9 Å². The van der Waals surface area contributed by atoms with Gasteiger partial charge in [0.15, 0.2) is 0 Å². The molecule has 0 fully saturated rings. The molecule has 0 aliphatic carbocycles. The Morgan fingerprint density at radius 1 is 1.09 bits per heavy atom. The highest BCUT2D eigenvalue weighted by Crippen LogP contribution is 2.29. The van der Waals surface area contributed by atoms with Gasteiger partial charge in [0.05, 0.1) is 29.4 Å². The molecule has 7 nitrogen and oxygen atoms in total. The number of nitrogens with zero attached hydrogens (tertiary/aromatic N) is 3. The summed E-state index contributed by atoms with van der Waals surface area (Å²) in [5.41, 5.74) is 1.32. The van der Waals surface area contributed by atoms with Crippen LogP contribution < -0.4 is 5.32 Å². The smallest absolute Gasteiger partial charge is 0.416 e. The van der Waals surface area contributed by atoms with Gasteiger partial charge in [-0.1, -0.05) is 36.4 Å². The Balaban J connectivity index is 1.79. The first-order valence-electron chi connectivity index (χ1n) is 9.82. The fraction of sp³-hybridized carbons (Fsp3) is 0.273. The number of hydrogen-bond acceptors (Lipinski definition) is 4. The quantitative estimate of drug-likeness (QED) is 0.570. The molecule has 2 N–H and O–H groups in total. The van der Waals surface area contributed by atoms with Crippen LogP contribution in [0.1, 0.15) is 63.1 Å². The molecule has 1 aromatic heterocycles. The number of alkyl halides is 3. The van der Waals surface area contributed by atoms with Crippen molar-refractivity contribution in [3.8, 4) is 0 Å². The van der Waals surface area contributed by atoms with Crippen LogP contribution in [0.15, 0.2) is 48.5 Å². The molecule has 32 heavy (non-hydrogen) atoms. The minimum Gasteiger partial charge on any atom is -0.478 e. The number of amides is 1. The van der Waals surface area contributed by atoms with E-state index >= 15 is 0 Å². The number of carbonyl (C=O) groups is 2. The average molecular weight is 446 g/mol. The van der Waals surface area contributed by atoms with Crippen LogP contribution in [-0.4, -0.2) is 32.0 Å². The van der Waals surface area contributed by atoms with E-state index in [4.69, 9.17) is 5.11 Å². The van der Waals surface area contributed by atoms with Crippen molar-refractivity contribution in [1.29, 1.82) is 0 Å². The first-order chi connectivity index (χ1) is 15.1. The van der Waals surface area contributed by atoms with Gasteiger partial charge in [-0.05, 0) is 48.7 Å². The molecule has 0 aliphatic rings. The van der Waals surface area contributed by atoms with E-state index in [-0.39, 0.29) is 17.8 Å². The standard InChI is InChI=1S/C22H21F3N4O3/c1-3-18-19(20(30)26-13(2)15-6-8-16(9-7-15)21(31)32)29(28-27-18)12-14-4-10-17(11-5-14)22(23,24)25/h4-11,13H,3,12H2,1-2H3,(H,26,30)(H,31,32)/t13-/m0/s1. The van der Waals surface area contributed by atoms with Crippen LogP contribution in [0.2, 0.25) is 0 Å². The Hall–Kier alpha value is -3.69. The van der Waals surface area contributed by atoms with Gasteiger partial charge in [-0.15, -0.1) is 5.10 Å². The summed E-state index contributed by atoms with van der Waals surface area (Å²) in [7, 11) is 0. The van der Waals surface area contributed by atoms with Crippen molar-refractivity contribution in [2.24, 2.45) is 0 Å². The van der Waals surface area contributed by atoms with Crippen molar-refractivity contribution in [2.75, 3.05) is 0 Å². The van der Waals surface area contributed by atoms with E-state index < -0.39 is 29.7 Å². The molecule has 1 amide bonds. The number of aryl methyl sites for hydroxylation is 1. The minimum absolute atomic E-state index is 0.0789. The minimum atomic E-state index is -4.43. The normalized spacial score (nSPS) is 12.4. The maximum atomic E-state index is 13.0. The van der Waals surface area contributed by atoms with E-state index in [1.165, 1.54) is 28.9 Å². The summed E-state index contributed by atoms with van der Waals surface area (Å²) in [5.74, 6) is -1.48. The Morgan fingerprint density at radius 2 is 1.72 bits per heavy atom. The number of carbonyl (C=O) groups excluding carboxylic acids is 1. The third-order valence-electron chi connectivity index (χ3n) is 4.97. The number of carboxylic acids is 1. The first-order valence-corrected chi connectivity index (χ1v) is 9.82. The molecule has 0 radical (unpaired) electrons. The van der Waals surface area contributed by atoms with Crippen LogP contribution in [0.4, 0.5) is 13.2 Å². The van der Waals surface area contributed by atoms with Crippen molar-refractivity contribution in [3.63, 3.8) is 0 Å². The number of halogens is 3. The van der Waals surface area contributed by atoms with E-state index in [2.05, 4.69) is 15.6 Å². The van der Waals surface area contributed by atoms with Crippen LogP contribution in [0.5, 0.6) is 0 Å². The van der Waals surface area contributed by atoms with Crippen molar-refractivity contribution >= 4 is 11.9 Å². The third kappa shape index (κ3) is 5.13. The summed E-state index contributed by atoms with van der Waals surface area (Å²) in [6, 6.07) is 10.4. The fourth-order valence-corrected chi connectivity index (χ4v) is 3.18. The second-order valence-corrected chi connectivity index (χ2v) is 7.21. The summed E-state index contributed by atoms with van der Waals surface area (Å²) < 4.78 is 39.7. The lowest BCUT2D eigenvalue weighted by Crippen LogP contribution is -2.30. The molecule has 10 heteroatoms. The van der Waals surface area contributed by atoms with Crippen molar-refractivity contribution in [1.82, 2.24) is 20.3 Å². The molecule has 0 unspecified atom stereocenters. The van der Waals surface area contributed by atoms with Crippen molar-refractivity contribution in [2.45, 2.75) is 39.0 Å². The van der Waals surface area contributed by atoms with Crippen LogP contribution >= 0.6 is 0 Å². The number of benzene rings is 2. The summed E-state index contributed by atoms with van der Waals surface area (Å²) in [4.78, 5) is 24.0. The molecule has 168 valence electrons. The first kappa shape index (κ1) is 23.0. The van der Waals surface area contributed by atoms with Gasteiger partial charge >= 0.3 is 12.1 Å². The largest absolute Gasteiger partial charge is 0.478 e.